The molecular weight excluding hydrogens is 404 g/mol. The predicted octanol–water partition coefficient (Wildman–Crippen LogP) is 3.20. The molecule has 2 aromatic rings. The minimum absolute atomic E-state index is 0.104. The Morgan fingerprint density at radius 3 is 2.30 bits per heavy atom. The molecule has 0 aromatic heterocycles. The van der Waals surface area contributed by atoms with Crippen molar-refractivity contribution in [1.82, 2.24) is 9.62 Å². The first-order valence-electron chi connectivity index (χ1n) is 10.1. The zero-order valence-corrected chi connectivity index (χ0v) is 18.2. The Labute approximate surface area is 178 Å². The van der Waals surface area contributed by atoms with E-state index >= 15 is 0 Å². The smallest absolute Gasteiger partial charge is 0.255 e. The summed E-state index contributed by atoms with van der Waals surface area (Å²) < 4.78 is 38.4. The number of nitrogens with one attached hydrogen (secondary N) is 1. The summed E-state index contributed by atoms with van der Waals surface area (Å²) in [7, 11) is -0.642. The van der Waals surface area contributed by atoms with Gasteiger partial charge in [0.05, 0.1) is 24.7 Å². The van der Waals surface area contributed by atoms with Gasteiger partial charge in [-0.1, -0.05) is 31.0 Å². The molecule has 0 radical (unpaired) electrons. The third-order valence-electron chi connectivity index (χ3n) is 5.25. The summed E-state index contributed by atoms with van der Waals surface area (Å²) in [5, 5.41) is 2.83. The van der Waals surface area contributed by atoms with Crippen LogP contribution in [0.25, 0.3) is 0 Å². The van der Waals surface area contributed by atoms with Gasteiger partial charge < -0.3 is 14.8 Å². The van der Waals surface area contributed by atoms with E-state index in [1.165, 1.54) is 29.6 Å². The quantitative estimate of drug-likeness (QED) is 0.726. The Morgan fingerprint density at radius 1 is 0.967 bits per heavy atom. The van der Waals surface area contributed by atoms with Crippen molar-refractivity contribution in [3.8, 4) is 11.5 Å². The fourth-order valence-electron chi connectivity index (χ4n) is 3.58. The Bertz CT molecular complexity index is 983. The average molecular weight is 433 g/mol. The van der Waals surface area contributed by atoms with Crippen LogP contribution in [-0.4, -0.2) is 45.9 Å². The molecule has 2 aromatic carbocycles. The number of hydrogen-bond donors (Lipinski definition) is 1. The molecule has 7 nitrogen and oxygen atoms in total. The highest BCUT2D eigenvalue weighted by Gasteiger charge is 2.27. The van der Waals surface area contributed by atoms with Crippen molar-refractivity contribution >= 4 is 15.9 Å². The van der Waals surface area contributed by atoms with E-state index < -0.39 is 15.9 Å². The lowest BCUT2D eigenvalue weighted by Crippen LogP contribution is -2.32. The van der Waals surface area contributed by atoms with Gasteiger partial charge in [0.15, 0.2) is 0 Å². The van der Waals surface area contributed by atoms with Gasteiger partial charge in [-0.3, -0.25) is 4.79 Å². The molecule has 3 rings (SSSR count). The Kier molecular flexibility index (Phi) is 7.33. The number of sulfonamides is 1. The molecule has 1 heterocycles. The Balaban J connectivity index is 1.84. The van der Waals surface area contributed by atoms with Gasteiger partial charge in [0, 0.05) is 25.2 Å². The highest BCUT2D eigenvalue weighted by atomic mass is 32.2. The van der Waals surface area contributed by atoms with Gasteiger partial charge in [-0.05, 0) is 37.1 Å². The van der Waals surface area contributed by atoms with Crippen LogP contribution < -0.4 is 14.8 Å². The van der Waals surface area contributed by atoms with Crippen molar-refractivity contribution in [1.29, 1.82) is 0 Å². The number of hydrogen-bond acceptors (Lipinski definition) is 5. The lowest BCUT2D eigenvalue weighted by Gasteiger charge is -2.20. The number of methoxy groups -OCH3 is 2. The number of ether oxygens (including phenoxy) is 2. The normalized spacial score (nSPS) is 15.3. The zero-order chi connectivity index (χ0) is 21.6. The first-order valence-corrected chi connectivity index (χ1v) is 11.5. The molecule has 8 heteroatoms. The van der Waals surface area contributed by atoms with Gasteiger partial charge in [-0.25, -0.2) is 8.42 Å². The van der Waals surface area contributed by atoms with Crippen LogP contribution in [0.3, 0.4) is 0 Å². The zero-order valence-electron chi connectivity index (χ0n) is 17.4. The van der Waals surface area contributed by atoms with E-state index in [4.69, 9.17) is 9.47 Å². The van der Waals surface area contributed by atoms with Gasteiger partial charge in [0.25, 0.3) is 5.91 Å². The van der Waals surface area contributed by atoms with Crippen LogP contribution in [0.5, 0.6) is 11.5 Å². The molecule has 1 fully saturated rings. The van der Waals surface area contributed by atoms with Crippen LogP contribution in [0.15, 0.2) is 47.4 Å². The highest BCUT2D eigenvalue weighted by molar-refractivity contribution is 7.89. The molecule has 1 N–H and O–H groups in total. The lowest BCUT2D eigenvalue weighted by atomic mass is 10.1. The molecule has 0 saturated carbocycles. The molecule has 1 saturated heterocycles. The Hall–Kier alpha value is -2.58. The summed E-state index contributed by atoms with van der Waals surface area (Å²) in [5.74, 6) is 0.579. The standard InChI is InChI=1S/C22H28N2O5S/c1-28-20-10-6-5-9-17(20)16-23-22(25)19-15-18(11-12-21(19)29-2)30(26,27)24-13-7-3-4-8-14-24/h5-6,9-12,15H,3-4,7-8,13-14,16H2,1-2H3,(H,23,25). The molecule has 0 aliphatic carbocycles. The van der Waals surface area contributed by atoms with E-state index in [-0.39, 0.29) is 17.0 Å². The van der Waals surface area contributed by atoms with Crippen LogP contribution in [-0.2, 0) is 16.6 Å². The summed E-state index contributed by atoms with van der Waals surface area (Å²) >= 11 is 0. The van der Waals surface area contributed by atoms with Crippen molar-refractivity contribution in [2.75, 3.05) is 27.3 Å². The third-order valence-corrected chi connectivity index (χ3v) is 7.14. The second kappa shape index (κ2) is 9.95. The van der Waals surface area contributed by atoms with E-state index in [0.29, 0.717) is 24.6 Å². The summed E-state index contributed by atoms with van der Waals surface area (Å²) in [6.45, 7) is 1.25. The lowest BCUT2D eigenvalue weighted by molar-refractivity contribution is 0.0947. The number of para-hydroxylation sites is 1. The first kappa shape index (κ1) is 22.1. The minimum Gasteiger partial charge on any atom is -0.496 e. The number of carbonyl (C=O) groups is 1. The van der Waals surface area contributed by atoms with E-state index in [1.807, 2.05) is 24.3 Å². The van der Waals surface area contributed by atoms with E-state index in [0.717, 1.165) is 31.2 Å². The fraction of sp³-hybridized carbons (Fsp3) is 0.409. The van der Waals surface area contributed by atoms with Crippen LogP contribution >= 0.6 is 0 Å². The van der Waals surface area contributed by atoms with Crippen molar-refractivity contribution in [3.63, 3.8) is 0 Å². The largest absolute Gasteiger partial charge is 0.496 e. The van der Waals surface area contributed by atoms with Gasteiger partial charge in [0.1, 0.15) is 11.5 Å². The fourth-order valence-corrected chi connectivity index (χ4v) is 5.12. The topological polar surface area (TPSA) is 84.9 Å². The van der Waals surface area contributed by atoms with Gasteiger partial charge >= 0.3 is 0 Å². The van der Waals surface area contributed by atoms with Crippen LogP contribution in [0, 0.1) is 0 Å². The summed E-state index contributed by atoms with van der Waals surface area (Å²) in [4.78, 5) is 13.0. The highest BCUT2D eigenvalue weighted by Crippen LogP contribution is 2.26. The van der Waals surface area contributed by atoms with Crippen molar-refractivity contribution in [2.45, 2.75) is 37.1 Å². The molecule has 0 spiro atoms. The molecular formula is C22H28N2O5S. The molecule has 0 atom stereocenters. The van der Waals surface area contributed by atoms with Crippen LogP contribution in [0.1, 0.15) is 41.6 Å². The molecule has 1 aliphatic heterocycles. The Morgan fingerprint density at radius 2 is 1.63 bits per heavy atom. The van der Waals surface area contributed by atoms with Crippen molar-refractivity contribution in [2.24, 2.45) is 0 Å². The number of amides is 1. The molecule has 162 valence electrons. The number of rotatable bonds is 7. The molecule has 0 bridgehead atoms. The second-order valence-corrected chi connectivity index (χ2v) is 9.11. The van der Waals surface area contributed by atoms with Crippen LogP contribution in [0.2, 0.25) is 0 Å². The van der Waals surface area contributed by atoms with Gasteiger partial charge in [0.2, 0.25) is 10.0 Å². The minimum atomic E-state index is -3.67. The maximum atomic E-state index is 13.1. The third kappa shape index (κ3) is 4.94. The van der Waals surface area contributed by atoms with E-state index in [2.05, 4.69) is 5.32 Å². The summed E-state index contributed by atoms with van der Waals surface area (Å²) in [6.07, 6.45) is 3.76. The van der Waals surface area contributed by atoms with Crippen LogP contribution in [0.4, 0.5) is 0 Å². The monoisotopic (exact) mass is 432 g/mol. The maximum absolute atomic E-state index is 13.1. The predicted molar refractivity (Wildman–Crippen MR) is 114 cm³/mol. The number of nitrogens with zero attached hydrogens (tertiary/aromatic N) is 1. The van der Waals surface area contributed by atoms with Gasteiger partial charge in [-0.2, -0.15) is 4.31 Å². The summed E-state index contributed by atoms with van der Waals surface area (Å²) in [6, 6.07) is 11.8. The average Bonchev–Trinajstić information content (AvgIpc) is 3.07. The molecule has 30 heavy (non-hydrogen) atoms. The number of benzene rings is 2. The van der Waals surface area contributed by atoms with Crippen molar-refractivity contribution in [3.05, 3.63) is 53.6 Å². The van der Waals surface area contributed by atoms with Gasteiger partial charge in [-0.15, -0.1) is 0 Å². The SMILES string of the molecule is COc1ccccc1CNC(=O)c1cc(S(=O)(=O)N2CCCCCC2)ccc1OC. The van der Waals surface area contributed by atoms with Crippen molar-refractivity contribution < 1.29 is 22.7 Å². The summed E-state index contributed by atoms with van der Waals surface area (Å²) in [5.41, 5.74) is 1.00. The molecule has 0 unspecified atom stereocenters. The molecule has 1 amide bonds. The second-order valence-electron chi connectivity index (χ2n) is 7.17. The number of carbonyl (C=O) groups excluding carboxylic acids is 1. The van der Waals surface area contributed by atoms with E-state index in [1.54, 1.807) is 7.11 Å². The van der Waals surface area contributed by atoms with E-state index in [9.17, 15) is 13.2 Å². The maximum Gasteiger partial charge on any atom is 0.255 e. The first-order chi connectivity index (χ1) is 14.5. The molecule has 1 aliphatic rings.